The largest absolute Gasteiger partial charge is 0.489 e. The average molecular weight is 969 g/mol. The van der Waals surface area contributed by atoms with E-state index in [0.717, 1.165) is 22.5 Å². The maximum absolute atomic E-state index is 12.1. The Kier molecular flexibility index (Phi) is 15.0. The predicted molar refractivity (Wildman–Crippen MR) is 252 cm³/mol. The number of sulfone groups is 2. The number of anilines is 4. The first kappa shape index (κ1) is 49.3. The number of rotatable bonds is 10. The van der Waals surface area contributed by atoms with Gasteiger partial charge in [-0.05, 0) is 88.1 Å². The molecule has 0 aliphatic carbocycles. The van der Waals surface area contributed by atoms with Gasteiger partial charge in [0, 0.05) is 107 Å². The van der Waals surface area contributed by atoms with Crippen LogP contribution in [0.1, 0.15) is 75.6 Å². The van der Waals surface area contributed by atoms with Crippen molar-refractivity contribution in [2.24, 2.45) is 0 Å². The molecule has 0 unspecified atom stereocenters. The summed E-state index contributed by atoms with van der Waals surface area (Å²) in [5.74, 6) is 2.04. The number of likely N-dealkylation sites (tertiary alicyclic amines) is 2. The number of piperidine rings is 2. The number of carbonyl (C=O) groups excluding carboxylic acids is 2. The van der Waals surface area contributed by atoms with Crippen molar-refractivity contribution in [3.05, 3.63) is 83.2 Å². The molecule has 0 atom stereocenters. The zero-order valence-corrected chi connectivity index (χ0v) is 40.7. The average Bonchev–Trinajstić information content (AvgIpc) is 3.93. The molecule has 0 N–H and O–H groups in total. The van der Waals surface area contributed by atoms with E-state index in [1.54, 1.807) is 64.5 Å². The second-order valence-electron chi connectivity index (χ2n) is 17.7. The van der Waals surface area contributed by atoms with Crippen molar-refractivity contribution in [3.63, 3.8) is 0 Å². The highest BCUT2D eigenvalue weighted by molar-refractivity contribution is 7.91. The highest BCUT2D eigenvalue weighted by Crippen LogP contribution is 2.40. The number of amides is 2. The normalized spacial score (nSPS) is 16.3. The molecule has 8 rings (SSSR count). The SMILES string of the molecule is CC(C)OC(=O)N1CCC(Oc2cc(N3CCc4cc(S(C)(=O)=O)ccc43)ncc2C#N)CC1.CC(C)OC(=O)N1CCC(Oc2ccnc(N3CCc4cc(S(C)(=O)=O)ccc43)c2C#N)CC1. The standard InChI is InChI=1S/2C24H28N4O5S/c1-16(2)32-24(29)27-11-8-18(9-12-27)33-22-6-10-26-23(20(22)15-25)28-13-7-17-14-19(34(3,30)31)4-5-21(17)28;1-16(2)32-24(29)27-9-7-19(8-10-27)33-22-13-23(26-15-18(22)14-25)28-11-6-17-12-20(34(3,30)31)4-5-21(17)28/h4-6,10,14,16,18H,7-9,11-13H2,1-3H3;4-5,12-13,15-16,19H,6-11H2,1-3H3. The Morgan fingerprint density at radius 2 is 1.13 bits per heavy atom. The number of fused-ring (bicyclic) bond motifs is 2. The van der Waals surface area contributed by atoms with Crippen molar-refractivity contribution in [3.8, 4) is 23.6 Å². The van der Waals surface area contributed by atoms with E-state index in [1.165, 1.54) is 18.7 Å². The number of hydrogen-bond donors (Lipinski definition) is 0. The van der Waals surface area contributed by atoms with Crippen LogP contribution in [0.15, 0.2) is 70.7 Å². The van der Waals surface area contributed by atoms with Crippen molar-refractivity contribution in [1.82, 2.24) is 19.8 Å². The molecule has 18 nitrogen and oxygen atoms in total. The Labute approximate surface area is 397 Å². The lowest BCUT2D eigenvalue weighted by molar-refractivity contribution is 0.0506. The molecule has 2 saturated heterocycles. The monoisotopic (exact) mass is 968 g/mol. The minimum absolute atomic E-state index is 0.131. The highest BCUT2D eigenvalue weighted by atomic mass is 32.2. The maximum Gasteiger partial charge on any atom is 0.410 e. The molecule has 360 valence electrons. The number of carbonyl (C=O) groups is 2. The lowest BCUT2D eigenvalue weighted by atomic mass is 10.1. The molecule has 4 aliphatic heterocycles. The third-order valence-electron chi connectivity index (χ3n) is 11.9. The van der Waals surface area contributed by atoms with Crippen molar-refractivity contribution >= 4 is 54.9 Å². The van der Waals surface area contributed by atoms with E-state index in [4.69, 9.17) is 18.9 Å². The van der Waals surface area contributed by atoms with E-state index in [1.807, 2.05) is 37.5 Å². The van der Waals surface area contributed by atoms with Gasteiger partial charge in [0.2, 0.25) is 0 Å². The molecule has 6 heterocycles. The van der Waals surface area contributed by atoms with Gasteiger partial charge in [0.25, 0.3) is 0 Å². The van der Waals surface area contributed by atoms with Crippen molar-refractivity contribution in [2.45, 2.75) is 100 Å². The van der Waals surface area contributed by atoms with Crippen LogP contribution in [0.3, 0.4) is 0 Å². The summed E-state index contributed by atoms with van der Waals surface area (Å²) in [4.78, 5) is 41.0. The molecule has 4 aromatic rings. The molecule has 2 fully saturated rings. The van der Waals surface area contributed by atoms with Gasteiger partial charge in [-0.1, -0.05) is 0 Å². The Morgan fingerprint density at radius 1 is 0.647 bits per heavy atom. The first-order valence-electron chi connectivity index (χ1n) is 22.6. The van der Waals surface area contributed by atoms with Crippen molar-refractivity contribution in [1.29, 1.82) is 10.5 Å². The van der Waals surface area contributed by atoms with E-state index in [9.17, 15) is 36.9 Å². The minimum atomic E-state index is -3.30. The molecule has 0 saturated carbocycles. The molecular weight excluding hydrogens is 913 g/mol. The van der Waals surface area contributed by atoms with Gasteiger partial charge in [0.05, 0.1) is 28.2 Å². The number of pyridine rings is 2. The smallest absolute Gasteiger partial charge is 0.410 e. The zero-order valence-electron chi connectivity index (χ0n) is 39.0. The molecular formula is C48H56N8O10S2. The van der Waals surface area contributed by atoms with Crippen LogP contribution in [0.2, 0.25) is 0 Å². The van der Waals surface area contributed by atoms with Crippen LogP contribution in [0, 0.1) is 22.7 Å². The van der Waals surface area contributed by atoms with Crippen LogP contribution < -0.4 is 19.3 Å². The van der Waals surface area contributed by atoms with E-state index in [0.29, 0.717) is 117 Å². The van der Waals surface area contributed by atoms with Gasteiger partial charge in [-0.25, -0.2) is 36.4 Å². The summed E-state index contributed by atoms with van der Waals surface area (Å²) in [6.07, 6.45) is 8.18. The number of nitriles is 2. The number of nitrogens with zero attached hydrogens (tertiary/aromatic N) is 8. The van der Waals surface area contributed by atoms with Gasteiger partial charge in [-0.15, -0.1) is 0 Å². The second kappa shape index (κ2) is 20.7. The Morgan fingerprint density at radius 3 is 1.60 bits per heavy atom. The van der Waals surface area contributed by atoms with Gasteiger partial charge < -0.3 is 38.5 Å². The Bertz CT molecular complexity index is 2800. The van der Waals surface area contributed by atoms with Crippen LogP contribution in [0.5, 0.6) is 11.5 Å². The quantitative estimate of drug-likeness (QED) is 0.158. The lowest BCUT2D eigenvalue weighted by Gasteiger charge is -2.32. The van der Waals surface area contributed by atoms with Crippen molar-refractivity contribution in [2.75, 3.05) is 61.6 Å². The zero-order chi connectivity index (χ0) is 48.9. The first-order chi connectivity index (χ1) is 32.3. The number of aromatic nitrogens is 2. The summed E-state index contributed by atoms with van der Waals surface area (Å²) in [5, 5.41) is 19.5. The Balaban J connectivity index is 0.000000201. The van der Waals surface area contributed by atoms with Gasteiger partial charge in [0.15, 0.2) is 25.5 Å². The minimum Gasteiger partial charge on any atom is -0.489 e. The summed E-state index contributed by atoms with van der Waals surface area (Å²) < 4.78 is 70.5. The summed E-state index contributed by atoms with van der Waals surface area (Å²) in [6.45, 7) is 10.6. The lowest BCUT2D eigenvalue weighted by Crippen LogP contribution is -2.42. The first-order valence-corrected chi connectivity index (χ1v) is 26.4. The van der Waals surface area contributed by atoms with Crippen molar-refractivity contribution < 1.29 is 45.4 Å². The second-order valence-corrected chi connectivity index (χ2v) is 21.7. The summed E-state index contributed by atoms with van der Waals surface area (Å²) in [7, 11) is -6.57. The van der Waals surface area contributed by atoms with Gasteiger partial charge >= 0.3 is 12.2 Å². The maximum atomic E-state index is 12.1. The molecule has 68 heavy (non-hydrogen) atoms. The third kappa shape index (κ3) is 11.5. The van der Waals surface area contributed by atoms with Crippen LogP contribution in [0.25, 0.3) is 0 Å². The number of ether oxygens (including phenoxy) is 4. The van der Waals surface area contributed by atoms with Crippen LogP contribution in [-0.2, 0) is 42.0 Å². The molecule has 0 bridgehead atoms. The summed E-state index contributed by atoms with van der Waals surface area (Å²) >= 11 is 0. The van der Waals surface area contributed by atoms with E-state index in [-0.39, 0.29) is 41.5 Å². The fourth-order valence-electron chi connectivity index (χ4n) is 8.50. The fraction of sp³-hybridized carbons (Fsp3) is 0.458. The number of hydrogen-bond acceptors (Lipinski definition) is 16. The molecule has 2 amide bonds. The Hall–Kier alpha value is -6.64. The molecule has 4 aliphatic rings. The molecule has 20 heteroatoms. The summed E-state index contributed by atoms with van der Waals surface area (Å²) in [6, 6.07) is 18.0. The van der Waals surface area contributed by atoms with Crippen LogP contribution in [-0.4, -0.2) is 125 Å². The molecule has 0 radical (unpaired) electrons. The summed E-state index contributed by atoms with van der Waals surface area (Å²) in [5.41, 5.74) is 4.26. The predicted octanol–water partition coefficient (Wildman–Crippen LogP) is 6.88. The fourth-order valence-corrected chi connectivity index (χ4v) is 9.84. The van der Waals surface area contributed by atoms with Crippen LogP contribution in [0.4, 0.5) is 32.6 Å². The highest BCUT2D eigenvalue weighted by Gasteiger charge is 2.31. The van der Waals surface area contributed by atoms with Gasteiger partial charge in [-0.3, -0.25) is 0 Å². The van der Waals surface area contributed by atoms with E-state index < -0.39 is 19.7 Å². The third-order valence-corrected chi connectivity index (χ3v) is 14.1. The van der Waals surface area contributed by atoms with Crippen LogP contribution >= 0.6 is 0 Å². The van der Waals surface area contributed by atoms with E-state index >= 15 is 0 Å². The van der Waals surface area contributed by atoms with Gasteiger partial charge in [-0.2, -0.15) is 10.5 Å². The molecule has 0 spiro atoms. The topological polar surface area (TPSA) is 226 Å². The van der Waals surface area contributed by atoms with E-state index in [2.05, 4.69) is 22.1 Å². The number of benzene rings is 2. The molecule has 2 aromatic carbocycles. The van der Waals surface area contributed by atoms with Gasteiger partial charge in [0.1, 0.15) is 52.8 Å². The molecule has 2 aromatic heterocycles.